The summed E-state index contributed by atoms with van der Waals surface area (Å²) in [5, 5.41) is 2.64. The molecule has 1 amide bonds. The molecule has 1 aliphatic heterocycles. The summed E-state index contributed by atoms with van der Waals surface area (Å²) < 4.78 is 30.6. The first-order valence-corrected chi connectivity index (χ1v) is 13.0. The van der Waals surface area contributed by atoms with Gasteiger partial charge in [0, 0.05) is 50.6 Å². The smallest absolute Gasteiger partial charge is 0.276 e. The number of carbonyl (C=O) groups excluding carboxylic acids is 1. The molecule has 38 heavy (non-hydrogen) atoms. The van der Waals surface area contributed by atoms with Gasteiger partial charge in [0.2, 0.25) is 0 Å². The number of fused-ring (bicyclic) bond motifs is 1. The highest BCUT2D eigenvalue weighted by Crippen LogP contribution is 2.44. The number of H-pyrrole nitrogens is 1. The van der Waals surface area contributed by atoms with Crippen LogP contribution in [0.5, 0.6) is 0 Å². The first-order chi connectivity index (χ1) is 18.4. The summed E-state index contributed by atoms with van der Waals surface area (Å²) in [5.74, 6) is -2.69. The minimum Gasteiger partial charge on any atom is -0.370 e. The molecule has 2 N–H and O–H groups in total. The monoisotopic (exact) mass is 521 g/mol. The Kier molecular flexibility index (Phi) is 6.53. The molecule has 3 aromatic rings. The second-order valence-electron chi connectivity index (χ2n) is 10.3. The third kappa shape index (κ3) is 5.51. The maximum atomic E-state index is 12.8. The fourth-order valence-electron chi connectivity index (χ4n) is 4.84. The van der Waals surface area contributed by atoms with Gasteiger partial charge in [0.25, 0.3) is 17.4 Å². The van der Waals surface area contributed by atoms with Crippen molar-refractivity contribution in [2.45, 2.75) is 50.2 Å². The molecule has 8 nitrogen and oxygen atoms in total. The van der Waals surface area contributed by atoms with Crippen LogP contribution in [0.25, 0.3) is 16.6 Å². The van der Waals surface area contributed by atoms with Gasteiger partial charge in [-0.15, -0.1) is 0 Å². The molecule has 0 radical (unpaired) electrons. The highest BCUT2D eigenvalue weighted by Gasteiger charge is 2.58. The molecule has 2 saturated carbocycles. The highest BCUT2D eigenvalue weighted by atomic mass is 19.3. The van der Waals surface area contributed by atoms with Crippen molar-refractivity contribution in [3.8, 4) is 0 Å². The molecule has 3 aromatic heterocycles. The third-order valence-electron chi connectivity index (χ3n) is 7.34. The Bertz CT molecular complexity index is 1450. The maximum Gasteiger partial charge on any atom is 0.276 e. The van der Waals surface area contributed by atoms with E-state index in [0.29, 0.717) is 5.92 Å². The number of carbonyl (C=O) groups is 1. The van der Waals surface area contributed by atoms with Gasteiger partial charge in [0.1, 0.15) is 11.8 Å². The van der Waals surface area contributed by atoms with Crippen LogP contribution in [0.4, 0.5) is 8.78 Å². The van der Waals surface area contributed by atoms with Crippen molar-refractivity contribution in [2.24, 2.45) is 0 Å². The normalized spacial score (nSPS) is 20.8. The van der Waals surface area contributed by atoms with Gasteiger partial charge in [0.15, 0.2) is 0 Å². The van der Waals surface area contributed by atoms with Crippen LogP contribution in [0.1, 0.15) is 58.8 Å². The van der Waals surface area contributed by atoms with E-state index in [9.17, 15) is 18.4 Å². The van der Waals surface area contributed by atoms with Gasteiger partial charge >= 0.3 is 0 Å². The molecular weight excluding hydrogens is 492 g/mol. The lowest BCUT2D eigenvalue weighted by Crippen LogP contribution is -2.29. The van der Waals surface area contributed by atoms with Crippen molar-refractivity contribution >= 4 is 22.5 Å². The molecule has 3 aliphatic rings. The summed E-state index contributed by atoms with van der Waals surface area (Å²) in [6.07, 6.45) is 7.48. The van der Waals surface area contributed by atoms with Gasteiger partial charge in [-0.05, 0) is 60.1 Å². The average Bonchev–Trinajstić information content (AvgIpc) is 3.84. The van der Waals surface area contributed by atoms with Crippen molar-refractivity contribution in [3.05, 3.63) is 75.5 Å². The molecule has 4 heterocycles. The molecule has 0 aromatic carbocycles. The molecule has 1 unspecified atom stereocenters. The van der Waals surface area contributed by atoms with Crippen LogP contribution in [-0.2, 0) is 11.3 Å². The van der Waals surface area contributed by atoms with Gasteiger partial charge in [0.05, 0.1) is 17.6 Å². The molecule has 0 spiro atoms. The van der Waals surface area contributed by atoms with E-state index >= 15 is 0 Å². The van der Waals surface area contributed by atoms with E-state index in [-0.39, 0.29) is 36.7 Å². The lowest BCUT2D eigenvalue weighted by molar-refractivity contribution is 0.0145. The van der Waals surface area contributed by atoms with Crippen LogP contribution in [0, 0.1) is 0 Å². The first kappa shape index (κ1) is 24.8. The summed E-state index contributed by atoms with van der Waals surface area (Å²) in [6, 6.07) is 7.50. The maximum absolute atomic E-state index is 12.8. The largest absolute Gasteiger partial charge is 0.370 e. The molecule has 0 saturated heterocycles. The quantitative estimate of drug-likeness (QED) is 0.417. The van der Waals surface area contributed by atoms with E-state index in [1.54, 1.807) is 12.3 Å². The second-order valence-corrected chi connectivity index (χ2v) is 10.3. The average molecular weight is 522 g/mol. The van der Waals surface area contributed by atoms with E-state index in [4.69, 9.17) is 4.74 Å². The SMILES string of the molecule is O=C(NCCOC1CC1(F)F)c1ccc(C2=CCN(Cc3cnc4cc(C5CC5)c(=O)[nH]c4c3)CC2)cn1. The molecule has 0 bridgehead atoms. The fourth-order valence-corrected chi connectivity index (χ4v) is 4.84. The van der Waals surface area contributed by atoms with E-state index < -0.39 is 12.0 Å². The summed E-state index contributed by atoms with van der Waals surface area (Å²) in [7, 11) is 0. The highest BCUT2D eigenvalue weighted by molar-refractivity contribution is 5.92. The van der Waals surface area contributed by atoms with Crippen LogP contribution in [0.2, 0.25) is 0 Å². The number of alkyl halides is 2. The predicted molar refractivity (Wildman–Crippen MR) is 138 cm³/mol. The molecule has 6 rings (SSSR count). The van der Waals surface area contributed by atoms with Crippen LogP contribution < -0.4 is 10.9 Å². The summed E-state index contributed by atoms with van der Waals surface area (Å²) in [6.45, 7) is 2.57. The lowest BCUT2D eigenvalue weighted by Gasteiger charge is -2.26. The number of ether oxygens (including phenoxy) is 1. The van der Waals surface area contributed by atoms with Crippen molar-refractivity contribution in [2.75, 3.05) is 26.2 Å². The van der Waals surface area contributed by atoms with E-state index in [1.807, 2.05) is 24.4 Å². The first-order valence-electron chi connectivity index (χ1n) is 13.0. The number of nitrogens with one attached hydrogen (secondary N) is 2. The molecule has 1 atom stereocenters. The minimum absolute atomic E-state index is 0.00320. The van der Waals surface area contributed by atoms with Gasteiger partial charge in [-0.2, -0.15) is 0 Å². The number of hydrogen-bond acceptors (Lipinski definition) is 6. The van der Waals surface area contributed by atoms with Crippen LogP contribution >= 0.6 is 0 Å². The number of aromatic amines is 1. The third-order valence-corrected chi connectivity index (χ3v) is 7.34. The van der Waals surface area contributed by atoms with E-state index in [1.165, 1.54) is 5.57 Å². The number of hydrogen-bond donors (Lipinski definition) is 2. The zero-order chi connectivity index (χ0) is 26.3. The van der Waals surface area contributed by atoms with Crippen LogP contribution in [-0.4, -0.2) is 64.0 Å². The fraction of sp³-hybridized carbons (Fsp3) is 0.429. The molecule has 2 aliphatic carbocycles. The Morgan fingerprint density at radius 2 is 2.05 bits per heavy atom. The zero-order valence-electron chi connectivity index (χ0n) is 20.9. The molecule has 10 heteroatoms. The topological polar surface area (TPSA) is 100 Å². The van der Waals surface area contributed by atoms with Crippen molar-refractivity contribution < 1.29 is 18.3 Å². The predicted octanol–water partition coefficient (Wildman–Crippen LogP) is 3.64. The van der Waals surface area contributed by atoms with Crippen molar-refractivity contribution in [1.82, 2.24) is 25.2 Å². The van der Waals surface area contributed by atoms with Gasteiger partial charge in [-0.3, -0.25) is 24.5 Å². The Morgan fingerprint density at radius 3 is 2.74 bits per heavy atom. The standard InChI is InChI=1S/C28H29F2N5O3/c29-28(30)13-25(28)38-10-7-31-27(37)22-4-3-20(15-33-22)18-5-8-35(9-6-18)16-17-11-24-23(32-14-17)12-21(19-1-2-19)26(36)34-24/h3-5,11-12,14-15,19,25H,1-2,6-10,13,16H2,(H,31,37)(H,34,36). The van der Waals surface area contributed by atoms with Crippen molar-refractivity contribution in [3.63, 3.8) is 0 Å². The number of aromatic nitrogens is 3. The lowest BCUT2D eigenvalue weighted by atomic mass is 10.0. The van der Waals surface area contributed by atoms with Crippen LogP contribution in [0.15, 0.2) is 47.5 Å². The Labute approximate surface area is 218 Å². The number of rotatable bonds is 9. The number of nitrogens with zero attached hydrogens (tertiary/aromatic N) is 3. The number of amides is 1. The summed E-state index contributed by atoms with van der Waals surface area (Å²) in [5.41, 5.74) is 5.92. The summed E-state index contributed by atoms with van der Waals surface area (Å²) >= 11 is 0. The van der Waals surface area contributed by atoms with Gasteiger partial charge < -0.3 is 15.0 Å². The number of halogens is 2. The molecular formula is C28H29F2N5O3. The van der Waals surface area contributed by atoms with Crippen molar-refractivity contribution in [1.29, 1.82) is 0 Å². The number of pyridine rings is 3. The Balaban J connectivity index is 1.01. The van der Waals surface area contributed by atoms with Gasteiger partial charge in [-0.1, -0.05) is 12.1 Å². The second kappa shape index (κ2) is 9.99. The Morgan fingerprint density at radius 1 is 1.21 bits per heavy atom. The molecule has 198 valence electrons. The summed E-state index contributed by atoms with van der Waals surface area (Å²) in [4.78, 5) is 38.9. The van der Waals surface area contributed by atoms with E-state index in [2.05, 4.69) is 31.2 Å². The minimum atomic E-state index is -2.72. The van der Waals surface area contributed by atoms with Gasteiger partial charge in [-0.25, -0.2) is 8.78 Å². The van der Waals surface area contributed by atoms with Crippen LogP contribution in [0.3, 0.4) is 0 Å². The zero-order valence-corrected chi connectivity index (χ0v) is 20.9. The molecule has 2 fully saturated rings. The van der Waals surface area contributed by atoms with E-state index in [0.717, 1.165) is 66.6 Å². The Hall–Kier alpha value is -3.50.